The number of guanidine groups is 1. The van der Waals surface area contributed by atoms with Gasteiger partial charge in [-0.1, -0.05) is 71.3 Å². The number of carbonyl (C=O) groups excluding carboxylic acids is 12. The number of β-amino-alcohol motifs (C(OH)–C–C–N with tert-alkyl or cyclic N) is 1. The number of fused-ring (bicyclic) bond motifs is 2. The lowest BCUT2D eigenvalue weighted by Crippen LogP contribution is -2.61. The number of carboxylic acid groups (broad SMARTS) is 1. The van der Waals surface area contributed by atoms with E-state index in [1.807, 2.05) is 0 Å². The lowest BCUT2D eigenvalue weighted by Gasteiger charge is -2.32. The average molecular weight is 1560 g/mol. The van der Waals surface area contributed by atoms with Crippen LogP contribution in [-0.4, -0.2) is 239 Å². The van der Waals surface area contributed by atoms with E-state index in [1.165, 1.54) is 38.1 Å². The molecule has 12 amide bonds. The lowest BCUT2D eigenvalue weighted by atomic mass is 10.0. The first-order valence-electron chi connectivity index (χ1n) is 35.3. The van der Waals surface area contributed by atoms with Crippen LogP contribution in [0.2, 0.25) is 5.02 Å². The van der Waals surface area contributed by atoms with Crippen LogP contribution in [0.5, 0.6) is 17.2 Å². The Morgan fingerprint density at radius 3 is 2.10 bits per heavy atom. The first-order chi connectivity index (χ1) is 51.4. The number of carboxylic acids is 1. The Balaban J connectivity index is 1.08. The summed E-state index contributed by atoms with van der Waals surface area (Å²) in [4.78, 5) is 190. The van der Waals surface area contributed by atoms with Crippen LogP contribution in [0.3, 0.4) is 0 Å². The van der Waals surface area contributed by atoms with Crippen molar-refractivity contribution in [3.05, 3.63) is 88.1 Å². The van der Waals surface area contributed by atoms with E-state index in [1.54, 1.807) is 81.4 Å². The Labute approximate surface area is 635 Å². The molecule has 1 unspecified atom stereocenters. The molecule has 4 saturated heterocycles. The predicted octanol–water partition coefficient (Wildman–Crippen LogP) is 0.0259. The normalized spacial score (nSPS) is 22.7. The van der Waals surface area contributed by atoms with Crippen molar-refractivity contribution in [1.29, 1.82) is 5.41 Å². The van der Waals surface area contributed by atoms with Gasteiger partial charge in [-0.3, -0.25) is 67.7 Å². The minimum Gasteiger partial charge on any atom is -0.497 e. The van der Waals surface area contributed by atoms with Crippen molar-refractivity contribution in [3.8, 4) is 17.2 Å². The minimum atomic E-state index is -1.90. The predicted molar refractivity (Wildman–Crippen MR) is 397 cm³/mol. The van der Waals surface area contributed by atoms with Crippen LogP contribution in [-0.2, 0) is 70.4 Å². The molecule has 12 atom stereocenters. The topological polar surface area (TPSA) is 497 Å². The molecular formula is C71H94ClN15O19S2. The van der Waals surface area contributed by atoms with Gasteiger partial charge in [0.1, 0.15) is 72.2 Å². The molecule has 0 bridgehead atoms. The number of methoxy groups -OCH3 is 3. The first kappa shape index (κ1) is 83.6. The number of benzene rings is 3. The summed E-state index contributed by atoms with van der Waals surface area (Å²) in [5.74, 6) is -12.7. The van der Waals surface area contributed by atoms with E-state index in [0.29, 0.717) is 51.4 Å². The van der Waals surface area contributed by atoms with Crippen molar-refractivity contribution < 1.29 is 91.2 Å². The van der Waals surface area contributed by atoms with Gasteiger partial charge in [0.15, 0.2) is 23.1 Å². The van der Waals surface area contributed by atoms with E-state index >= 15 is 9.59 Å². The summed E-state index contributed by atoms with van der Waals surface area (Å²) in [6.45, 7) is 5.94. The number of ether oxygens (including phenoxy) is 3. The molecule has 34 nitrogen and oxygen atoms in total. The number of nitrogens with one attached hydrogen (secondary N) is 10. The van der Waals surface area contributed by atoms with E-state index in [-0.39, 0.29) is 106 Å². The van der Waals surface area contributed by atoms with Gasteiger partial charge in [0.25, 0.3) is 5.91 Å². The Kier molecular flexibility index (Phi) is 29.9. The van der Waals surface area contributed by atoms with Gasteiger partial charge < -0.3 is 103 Å². The largest absolute Gasteiger partial charge is 0.497 e. The molecule has 4 aliphatic rings. The molecule has 37 heteroatoms. The third kappa shape index (κ3) is 21.6. The zero-order chi connectivity index (χ0) is 78.8. The number of aliphatic carboxylic acids is 1. The zero-order valence-electron chi connectivity index (χ0n) is 60.8. The molecule has 16 N–H and O–H groups in total. The SMILES string of the molecule is COc1ccc(C[C@@H]2NC(=O)[C@H](C)NC(=O)[C@H](NC(=O)c3oc4c(OC)c(OC)ccc4c3C)CCSSC[C@@H](C(=O)NC(C(=O)N3C[C@H](O)C[C@H]3C(=O)N[C@@H](Cc3ccc(Cl)cc3)C(=O)N[C@@H](CCCNC(=N)N)C(=O)N3CCC[C@H]3C(N)=O)C(C)C)NC(=O)[C@H](CC(=O)O)NC(=O)[C@@H]3CCCN3C2=O)cc1. The van der Waals surface area contributed by atoms with Crippen LogP contribution in [0.4, 0.5) is 0 Å². The Bertz CT molecular complexity index is 4000. The Hall–Kier alpha value is -10.1. The lowest BCUT2D eigenvalue weighted by molar-refractivity contribution is -0.144. The second-order valence-corrected chi connectivity index (χ2v) is 30.1. The number of nitrogens with zero attached hydrogens (tertiary/aromatic N) is 3. The molecule has 0 saturated carbocycles. The van der Waals surface area contributed by atoms with Crippen LogP contribution >= 0.6 is 33.2 Å². The molecule has 108 heavy (non-hydrogen) atoms. The number of nitrogens with two attached hydrogens (primary N) is 2. The van der Waals surface area contributed by atoms with Crippen molar-refractivity contribution >= 4 is 127 Å². The van der Waals surface area contributed by atoms with Crippen LogP contribution < -0.4 is 73.5 Å². The molecule has 0 radical (unpaired) electrons. The number of aliphatic hydroxyl groups excluding tert-OH is 1. The van der Waals surface area contributed by atoms with Crippen LogP contribution in [0.1, 0.15) is 106 Å². The summed E-state index contributed by atoms with van der Waals surface area (Å²) >= 11 is 6.22. The van der Waals surface area contributed by atoms with E-state index < -0.39 is 168 Å². The van der Waals surface area contributed by atoms with Gasteiger partial charge in [-0.25, -0.2) is 0 Å². The van der Waals surface area contributed by atoms with Crippen LogP contribution in [0.15, 0.2) is 65.1 Å². The second kappa shape index (κ2) is 38.6. The molecule has 0 spiro atoms. The monoisotopic (exact) mass is 1560 g/mol. The van der Waals surface area contributed by atoms with Crippen LogP contribution in [0.25, 0.3) is 11.0 Å². The second-order valence-electron chi connectivity index (χ2n) is 27.1. The van der Waals surface area contributed by atoms with Gasteiger partial charge in [-0.15, -0.1) is 0 Å². The molecule has 586 valence electrons. The summed E-state index contributed by atoms with van der Waals surface area (Å²) in [5, 5.41) is 53.9. The fraction of sp³-hybridized carbons (Fsp3) is 0.521. The average Bonchev–Trinajstić information content (AvgIpc) is 1.62. The summed E-state index contributed by atoms with van der Waals surface area (Å²) in [6.07, 6.45) is -2.01. The van der Waals surface area contributed by atoms with E-state index in [9.17, 15) is 63.0 Å². The minimum absolute atomic E-state index is 0.00588. The molecule has 4 aliphatic heterocycles. The van der Waals surface area contributed by atoms with Crippen molar-refractivity contribution in [2.45, 2.75) is 171 Å². The number of likely N-dealkylation sites (tertiary alicyclic amines) is 2. The number of halogens is 1. The maximum atomic E-state index is 15.1. The van der Waals surface area contributed by atoms with Crippen LogP contribution in [0, 0.1) is 18.3 Å². The number of carbonyl (C=O) groups is 13. The summed E-state index contributed by atoms with van der Waals surface area (Å²) in [5.41, 5.74) is 12.8. The van der Waals surface area contributed by atoms with Crippen molar-refractivity contribution in [2.24, 2.45) is 17.4 Å². The fourth-order valence-corrected chi connectivity index (χ4v) is 15.7. The number of hydrogen-bond acceptors (Lipinski definition) is 21. The van der Waals surface area contributed by atoms with Gasteiger partial charge in [0.2, 0.25) is 70.7 Å². The maximum absolute atomic E-state index is 15.1. The van der Waals surface area contributed by atoms with Gasteiger partial charge in [0.05, 0.1) is 33.9 Å². The number of aryl methyl sites for hydroxylation is 1. The third-order valence-electron chi connectivity index (χ3n) is 19.1. The van der Waals surface area contributed by atoms with Gasteiger partial charge in [-0.05, 0) is 112 Å². The molecule has 5 heterocycles. The molecule has 0 aliphatic carbocycles. The molecule has 4 fully saturated rings. The number of rotatable bonds is 25. The summed E-state index contributed by atoms with van der Waals surface area (Å²) in [7, 11) is 6.30. The highest BCUT2D eigenvalue weighted by molar-refractivity contribution is 8.76. The first-order valence-corrected chi connectivity index (χ1v) is 38.2. The van der Waals surface area contributed by atoms with Crippen molar-refractivity contribution in [1.82, 2.24) is 62.6 Å². The standard InChI is InChI=1S/C71H94ClN15O19S2/c1-35(2)55(70(102)87-33-41(88)31-52(87)66(98)80-46(29-38-14-18-40(72)19-15-38)62(94)79-45(11-8-25-76-71(74)75)68(100)85-26-9-12-50(85)59(73)91)84-64(96)49-34-108-107-28-24-44(78-67(99)56-36(3)43-22-23-53(104-6)58(105-7)57(43)106-56)61(93)77-37(4)60(92)82-48(30-39-16-20-42(103-5)21-17-39)69(101)86-27-10-13-51(86)65(97)81-47(32-54(89)90)63(95)83-49/h14-23,35,37,41,44-52,55,88H,8-13,24-34H2,1-7H3,(H2,73,91)(H,77,93)(H,78,99)(H,79,94)(H,80,98)(H,81,97)(H,82,92)(H,83,95)(H,84,96)(H,89,90)(H4,74,75,76)/t37-,41+,44+,45-,46-,47-,48-,49-,50-,51-,52-,55?/m0/s1. The summed E-state index contributed by atoms with van der Waals surface area (Å²) < 4.78 is 22.4. The highest BCUT2D eigenvalue weighted by Gasteiger charge is 2.46. The van der Waals surface area contributed by atoms with Gasteiger partial charge in [0, 0.05) is 72.9 Å². The van der Waals surface area contributed by atoms with E-state index in [2.05, 4.69) is 47.9 Å². The van der Waals surface area contributed by atoms with Gasteiger partial charge >= 0.3 is 5.97 Å². The molecule has 3 aromatic carbocycles. The van der Waals surface area contributed by atoms with E-state index in [4.69, 9.17) is 47.1 Å². The van der Waals surface area contributed by atoms with Gasteiger partial charge in [-0.2, -0.15) is 0 Å². The highest BCUT2D eigenvalue weighted by atomic mass is 35.5. The maximum Gasteiger partial charge on any atom is 0.305 e. The number of furan rings is 1. The fourth-order valence-electron chi connectivity index (χ4n) is 13.3. The number of primary amides is 1. The smallest absolute Gasteiger partial charge is 0.305 e. The molecule has 4 aromatic rings. The van der Waals surface area contributed by atoms with Crippen molar-refractivity contribution in [2.75, 3.05) is 59.0 Å². The van der Waals surface area contributed by atoms with Crippen molar-refractivity contribution in [3.63, 3.8) is 0 Å². The number of aliphatic hydroxyl groups is 1. The number of hydrogen-bond donors (Lipinski definition) is 14. The molecule has 8 rings (SSSR count). The highest BCUT2D eigenvalue weighted by Crippen LogP contribution is 2.39. The Morgan fingerprint density at radius 1 is 0.750 bits per heavy atom. The summed E-state index contributed by atoms with van der Waals surface area (Å²) in [6, 6.07) is 0.368. The molecule has 1 aromatic heterocycles. The number of amides is 12. The quantitative estimate of drug-likeness (QED) is 0.0180. The zero-order valence-corrected chi connectivity index (χ0v) is 63.2. The third-order valence-corrected chi connectivity index (χ3v) is 21.8. The Morgan fingerprint density at radius 2 is 1.44 bits per heavy atom. The molecular weight excluding hydrogens is 1470 g/mol. The van der Waals surface area contributed by atoms with E-state index in [0.717, 1.165) is 26.5 Å².